The summed E-state index contributed by atoms with van der Waals surface area (Å²) in [6.07, 6.45) is -1.02. The first-order valence-corrected chi connectivity index (χ1v) is 14.2. The average Bonchev–Trinajstić information content (AvgIpc) is 3.46. The van der Waals surface area contributed by atoms with Crippen molar-refractivity contribution in [3.63, 3.8) is 0 Å². The second-order valence-electron chi connectivity index (χ2n) is 10.9. The van der Waals surface area contributed by atoms with E-state index in [4.69, 9.17) is 4.74 Å². The minimum absolute atomic E-state index is 0.0319. The topological polar surface area (TPSA) is 103 Å². The first kappa shape index (κ1) is 30.8. The minimum atomic E-state index is -4.57. The zero-order chi connectivity index (χ0) is 31.4. The summed E-state index contributed by atoms with van der Waals surface area (Å²) in [4.78, 5) is 39.4. The van der Waals surface area contributed by atoms with Crippen molar-refractivity contribution in [1.29, 1.82) is 0 Å². The Bertz CT molecular complexity index is 1540. The number of rotatable bonds is 8. The summed E-state index contributed by atoms with van der Waals surface area (Å²) in [5, 5.41) is 5.85. The molecule has 44 heavy (non-hydrogen) atoms. The largest absolute Gasteiger partial charge is 0.439 e. The maximum absolute atomic E-state index is 13.8. The molecule has 1 aromatic heterocycles. The fraction of sp³-hybridized carbons (Fsp3) is 0.355. The van der Waals surface area contributed by atoms with Gasteiger partial charge in [-0.3, -0.25) is 9.59 Å². The van der Waals surface area contributed by atoms with Gasteiger partial charge in [-0.2, -0.15) is 18.2 Å². The van der Waals surface area contributed by atoms with E-state index in [0.717, 1.165) is 37.2 Å². The van der Waals surface area contributed by atoms with Gasteiger partial charge in [0.05, 0.1) is 5.56 Å². The van der Waals surface area contributed by atoms with Gasteiger partial charge >= 0.3 is 6.18 Å². The lowest BCUT2D eigenvalue weighted by Crippen LogP contribution is -2.44. The van der Waals surface area contributed by atoms with Crippen LogP contribution in [0.1, 0.15) is 27.9 Å². The number of benzene rings is 2. The number of hydrogen-bond acceptors (Lipinski definition) is 8. The number of anilines is 3. The molecule has 232 valence electrons. The molecule has 1 atom stereocenters. The smallest absolute Gasteiger partial charge is 0.416 e. The van der Waals surface area contributed by atoms with Crippen molar-refractivity contribution in [2.75, 3.05) is 61.8 Å². The zero-order valence-electron chi connectivity index (χ0n) is 24.5. The van der Waals surface area contributed by atoms with Crippen LogP contribution in [0.4, 0.5) is 30.5 Å². The highest BCUT2D eigenvalue weighted by molar-refractivity contribution is 6.05. The lowest BCUT2D eigenvalue weighted by Gasteiger charge is -2.34. The van der Waals surface area contributed by atoms with Crippen LogP contribution in [0.25, 0.3) is 0 Å². The number of hydrogen-bond donors (Lipinski definition) is 2. The maximum atomic E-state index is 13.8. The summed E-state index contributed by atoms with van der Waals surface area (Å²) >= 11 is 0. The summed E-state index contributed by atoms with van der Waals surface area (Å²) in [6, 6.07) is 9.95. The third-order valence-corrected chi connectivity index (χ3v) is 7.67. The van der Waals surface area contributed by atoms with E-state index in [1.165, 1.54) is 18.3 Å². The van der Waals surface area contributed by atoms with Gasteiger partial charge < -0.3 is 30.1 Å². The van der Waals surface area contributed by atoms with Gasteiger partial charge in [-0.1, -0.05) is 12.6 Å². The molecule has 2 N–H and O–H groups in total. The van der Waals surface area contributed by atoms with Gasteiger partial charge in [-0.25, -0.2) is 4.98 Å². The Morgan fingerprint density at radius 3 is 2.57 bits per heavy atom. The fourth-order valence-electron chi connectivity index (χ4n) is 5.12. The Morgan fingerprint density at radius 1 is 1.07 bits per heavy atom. The Labute approximate surface area is 253 Å². The molecule has 0 spiro atoms. The first-order chi connectivity index (χ1) is 21.0. The van der Waals surface area contributed by atoms with Crippen molar-refractivity contribution in [2.45, 2.75) is 25.6 Å². The van der Waals surface area contributed by atoms with Crippen molar-refractivity contribution in [1.82, 2.24) is 19.8 Å². The number of nitrogens with zero attached hydrogens (tertiary/aromatic N) is 5. The summed E-state index contributed by atoms with van der Waals surface area (Å²) < 4.78 is 47.3. The molecule has 0 bridgehead atoms. The quantitative estimate of drug-likeness (QED) is 0.352. The molecule has 2 aliphatic heterocycles. The SMILES string of the molecule is C=CC(=O)N1CCC(Nc2nccc(Oc3cc(C(=O)Nc4cc(N5CCN(C)CC5)cc(C(F)(F)F)c4)ccc3C)n2)C1. The van der Waals surface area contributed by atoms with Crippen molar-refractivity contribution in [3.8, 4) is 11.6 Å². The molecule has 13 heteroatoms. The molecule has 2 aromatic carbocycles. The Hall–Kier alpha value is -4.65. The van der Waals surface area contributed by atoms with E-state index in [2.05, 4.69) is 32.1 Å². The van der Waals surface area contributed by atoms with E-state index in [0.29, 0.717) is 43.6 Å². The molecule has 2 fully saturated rings. The number of likely N-dealkylation sites (N-methyl/N-ethyl adjacent to an activating group) is 1. The van der Waals surface area contributed by atoms with Crippen LogP contribution >= 0.6 is 0 Å². The van der Waals surface area contributed by atoms with Crippen LogP contribution in [0.2, 0.25) is 0 Å². The van der Waals surface area contributed by atoms with Crippen LogP contribution in [-0.2, 0) is 11.0 Å². The lowest BCUT2D eigenvalue weighted by atomic mass is 10.1. The molecule has 2 saturated heterocycles. The van der Waals surface area contributed by atoms with Gasteiger partial charge in [-0.15, -0.1) is 0 Å². The molecule has 1 unspecified atom stereocenters. The number of aryl methyl sites for hydroxylation is 1. The average molecular weight is 610 g/mol. The second-order valence-corrected chi connectivity index (χ2v) is 10.9. The van der Waals surface area contributed by atoms with Crippen molar-refractivity contribution >= 4 is 29.1 Å². The molecule has 0 radical (unpaired) electrons. The van der Waals surface area contributed by atoms with Crippen LogP contribution < -0.4 is 20.3 Å². The number of nitrogens with one attached hydrogen (secondary N) is 2. The lowest BCUT2D eigenvalue weighted by molar-refractivity contribution is -0.137. The van der Waals surface area contributed by atoms with Crippen molar-refractivity contribution in [2.24, 2.45) is 0 Å². The molecule has 3 aromatic rings. The van der Waals surface area contributed by atoms with E-state index in [-0.39, 0.29) is 29.1 Å². The molecule has 2 aliphatic rings. The molecular formula is C31H34F3N7O3. The zero-order valence-corrected chi connectivity index (χ0v) is 24.5. The van der Waals surface area contributed by atoms with E-state index in [9.17, 15) is 22.8 Å². The van der Waals surface area contributed by atoms with Crippen molar-refractivity contribution in [3.05, 3.63) is 78.0 Å². The summed E-state index contributed by atoms with van der Waals surface area (Å²) in [7, 11) is 1.97. The molecule has 5 rings (SSSR count). The monoisotopic (exact) mass is 609 g/mol. The Kier molecular flexibility index (Phi) is 9.04. The number of amides is 2. The van der Waals surface area contributed by atoms with Crippen LogP contribution in [0.3, 0.4) is 0 Å². The number of carbonyl (C=O) groups excluding carboxylic acids is 2. The van der Waals surface area contributed by atoms with Crippen LogP contribution in [-0.4, -0.2) is 83.9 Å². The number of halogens is 3. The molecule has 0 aliphatic carbocycles. The minimum Gasteiger partial charge on any atom is -0.439 e. The van der Waals surface area contributed by atoms with Gasteiger partial charge in [0.2, 0.25) is 17.7 Å². The number of piperazine rings is 1. The number of alkyl halides is 3. The van der Waals surface area contributed by atoms with E-state index >= 15 is 0 Å². The van der Waals surface area contributed by atoms with Gasteiger partial charge in [0, 0.05) is 74.5 Å². The van der Waals surface area contributed by atoms with Crippen molar-refractivity contribution < 1.29 is 27.5 Å². The molecule has 3 heterocycles. The normalized spacial score (nSPS) is 17.3. The standard InChI is InChI=1S/C31H34F3N7O3/c1-4-28(42)41-10-8-23(19-41)37-30-35-9-7-27(38-30)44-26-15-21(6-5-20(26)2)29(43)36-24-16-22(31(32,33)34)17-25(18-24)40-13-11-39(3)12-14-40/h4-7,9,15-18,23H,1,8,10-14,19H2,2-3H3,(H,36,43)(H,35,37,38). The molecule has 10 nitrogen and oxygen atoms in total. The first-order valence-electron chi connectivity index (χ1n) is 14.2. The molecule has 2 amide bonds. The molecule has 0 saturated carbocycles. The van der Waals surface area contributed by atoms with Crippen LogP contribution in [0.15, 0.2) is 61.3 Å². The molecular weight excluding hydrogens is 575 g/mol. The van der Waals surface area contributed by atoms with Crippen LogP contribution in [0.5, 0.6) is 11.6 Å². The predicted octanol–water partition coefficient (Wildman–Crippen LogP) is 4.80. The van der Waals surface area contributed by atoms with Gasteiger partial charge in [0.1, 0.15) is 5.75 Å². The van der Waals surface area contributed by atoms with Gasteiger partial charge in [0.25, 0.3) is 5.91 Å². The summed E-state index contributed by atoms with van der Waals surface area (Å²) in [6.45, 7) is 9.04. The number of ether oxygens (including phenoxy) is 1. The highest BCUT2D eigenvalue weighted by Gasteiger charge is 2.32. The fourth-order valence-corrected chi connectivity index (χ4v) is 5.12. The number of likely N-dealkylation sites (tertiary alicyclic amines) is 1. The van der Waals surface area contributed by atoms with Gasteiger partial charge in [-0.05, 0) is 62.4 Å². The van der Waals surface area contributed by atoms with E-state index in [1.807, 2.05) is 11.9 Å². The van der Waals surface area contributed by atoms with Crippen LogP contribution in [0, 0.1) is 6.92 Å². The highest BCUT2D eigenvalue weighted by Crippen LogP contribution is 2.35. The third-order valence-electron chi connectivity index (χ3n) is 7.67. The van der Waals surface area contributed by atoms with Gasteiger partial charge in [0.15, 0.2) is 0 Å². The Morgan fingerprint density at radius 2 is 1.84 bits per heavy atom. The summed E-state index contributed by atoms with van der Waals surface area (Å²) in [5.74, 6) is 0.203. The summed E-state index contributed by atoms with van der Waals surface area (Å²) in [5.41, 5.74) is 0.549. The number of aromatic nitrogens is 2. The number of carbonyl (C=O) groups is 2. The predicted molar refractivity (Wildman–Crippen MR) is 161 cm³/mol. The maximum Gasteiger partial charge on any atom is 0.416 e. The van der Waals surface area contributed by atoms with E-state index in [1.54, 1.807) is 36.1 Å². The Balaban J connectivity index is 1.30. The third kappa shape index (κ3) is 7.46. The highest BCUT2D eigenvalue weighted by atomic mass is 19.4. The van der Waals surface area contributed by atoms with E-state index < -0.39 is 17.6 Å². The second kappa shape index (κ2) is 12.9.